The van der Waals surface area contributed by atoms with Crippen LogP contribution in [0, 0.1) is 13.8 Å². The summed E-state index contributed by atoms with van der Waals surface area (Å²) in [6.07, 6.45) is 0.0107. The maximum Gasteiger partial charge on any atom is 0.229 e. The van der Waals surface area contributed by atoms with E-state index in [0.717, 1.165) is 5.75 Å². The molecule has 2 rings (SSSR count). The van der Waals surface area contributed by atoms with Gasteiger partial charge in [-0.05, 0) is 44.5 Å². The maximum absolute atomic E-state index is 11.9. The summed E-state index contributed by atoms with van der Waals surface area (Å²) in [5.74, 6) is 0.637. The number of nitrogens with one attached hydrogen (secondary N) is 1. The van der Waals surface area contributed by atoms with E-state index in [9.17, 15) is 4.79 Å². The molecular weight excluding hydrogens is 304 g/mol. The monoisotopic (exact) mass is 322 g/mol. The summed E-state index contributed by atoms with van der Waals surface area (Å²) in [5, 5.41) is 6.69. The first kappa shape index (κ1) is 16.4. The first-order valence-electron chi connectivity index (χ1n) is 7.06. The minimum atomic E-state index is -0.146. The van der Waals surface area contributed by atoms with Crippen molar-refractivity contribution in [2.45, 2.75) is 33.3 Å². The molecule has 0 aliphatic rings. The van der Waals surface area contributed by atoms with Crippen molar-refractivity contribution >= 4 is 17.5 Å². The van der Waals surface area contributed by atoms with Crippen molar-refractivity contribution in [3.63, 3.8) is 0 Å². The van der Waals surface area contributed by atoms with Crippen LogP contribution in [0.1, 0.15) is 23.7 Å². The third-order valence-electron chi connectivity index (χ3n) is 3.22. The van der Waals surface area contributed by atoms with Gasteiger partial charge in [-0.2, -0.15) is 0 Å². The van der Waals surface area contributed by atoms with Gasteiger partial charge in [0.25, 0.3) is 0 Å². The van der Waals surface area contributed by atoms with E-state index in [0.29, 0.717) is 17.8 Å². The number of ether oxygens (including phenoxy) is 1. The van der Waals surface area contributed by atoms with Crippen molar-refractivity contribution in [1.29, 1.82) is 0 Å². The lowest BCUT2D eigenvalue weighted by atomic mass is 10.2. The molecule has 2 aromatic rings. The Morgan fingerprint density at radius 3 is 2.64 bits per heavy atom. The minimum absolute atomic E-state index is 0.134. The van der Waals surface area contributed by atoms with E-state index >= 15 is 0 Å². The SMILES string of the molecule is Cc1ccc(OC(C)CNC(=O)Cc2c(C)noc2Cl)cc1. The van der Waals surface area contributed by atoms with Crippen molar-refractivity contribution in [1.82, 2.24) is 10.5 Å². The predicted octanol–water partition coefficient (Wildman–Crippen LogP) is 3.07. The molecule has 1 aromatic carbocycles. The maximum atomic E-state index is 11.9. The zero-order valence-corrected chi connectivity index (χ0v) is 13.6. The third kappa shape index (κ3) is 4.49. The van der Waals surface area contributed by atoms with E-state index in [1.807, 2.05) is 38.1 Å². The van der Waals surface area contributed by atoms with Crippen LogP contribution in [-0.4, -0.2) is 23.7 Å². The van der Waals surface area contributed by atoms with E-state index < -0.39 is 0 Å². The Kier molecular flexibility index (Phi) is 5.44. The van der Waals surface area contributed by atoms with Gasteiger partial charge in [-0.3, -0.25) is 4.79 Å². The van der Waals surface area contributed by atoms with Gasteiger partial charge in [-0.25, -0.2) is 0 Å². The Hall–Kier alpha value is -2.01. The van der Waals surface area contributed by atoms with Gasteiger partial charge in [0.2, 0.25) is 11.1 Å². The van der Waals surface area contributed by atoms with Crippen molar-refractivity contribution in [3.8, 4) is 5.75 Å². The molecule has 0 aliphatic heterocycles. The van der Waals surface area contributed by atoms with Gasteiger partial charge in [-0.15, -0.1) is 0 Å². The smallest absolute Gasteiger partial charge is 0.229 e. The standard InChI is InChI=1S/C16H19ClN2O3/c1-10-4-6-13(7-5-10)21-11(2)9-18-15(20)8-14-12(3)19-22-16(14)17/h4-7,11H,8-9H2,1-3H3,(H,18,20). The van der Waals surface area contributed by atoms with Gasteiger partial charge in [0, 0.05) is 5.56 Å². The molecule has 0 bridgehead atoms. The summed E-state index contributed by atoms with van der Waals surface area (Å²) in [5.41, 5.74) is 2.42. The van der Waals surface area contributed by atoms with Gasteiger partial charge in [0.1, 0.15) is 11.9 Å². The molecule has 1 atom stereocenters. The van der Waals surface area contributed by atoms with E-state index in [4.69, 9.17) is 20.9 Å². The second-order valence-corrected chi connectivity index (χ2v) is 5.59. The van der Waals surface area contributed by atoms with Crippen LogP contribution >= 0.6 is 11.6 Å². The molecule has 1 heterocycles. The molecule has 118 valence electrons. The van der Waals surface area contributed by atoms with E-state index in [1.165, 1.54) is 5.56 Å². The number of hydrogen-bond acceptors (Lipinski definition) is 4. The number of rotatable bonds is 6. The Morgan fingerprint density at radius 1 is 1.36 bits per heavy atom. The van der Waals surface area contributed by atoms with Crippen LogP contribution < -0.4 is 10.1 Å². The third-order valence-corrected chi connectivity index (χ3v) is 3.52. The highest BCUT2D eigenvalue weighted by Crippen LogP contribution is 2.19. The van der Waals surface area contributed by atoms with Gasteiger partial charge < -0.3 is 14.6 Å². The number of hydrogen-bond donors (Lipinski definition) is 1. The number of carbonyl (C=O) groups is 1. The molecule has 0 saturated carbocycles. The molecule has 0 aliphatic carbocycles. The van der Waals surface area contributed by atoms with Crippen LogP contribution in [0.4, 0.5) is 0 Å². The second-order valence-electron chi connectivity index (χ2n) is 5.24. The molecule has 5 nitrogen and oxygen atoms in total. The number of halogens is 1. The van der Waals surface area contributed by atoms with E-state index in [-0.39, 0.29) is 23.7 Å². The van der Waals surface area contributed by atoms with Crippen LogP contribution in [0.5, 0.6) is 5.75 Å². The number of aryl methyl sites for hydroxylation is 2. The fourth-order valence-electron chi connectivity index (χ4n) is 1.93. The number of benzene rings is 1. The number of amides is 1. The molecule has 0 radical (unpaired) electrons. The fourth-order valence-corrected chi connectivity index (χ4v) is 2.17. The zero-order valence-electron chi connectivity index (χ0n) is 12.9. The average molecular weight is 323 g/mol. The van der Waals surface area contributed by atoms with Crippen molar-refractivity contribution in [3.05, 3.63) is 46.3 Å². The normalized spacial score (nSPS) is 12.0. The van der Waals surface area contributed by atoms with Crippen LogP contribution in [0.25, 0.3) is 0 Å². The highest BCUT2D eigenvalue weighted by atomic mass is 35.5. The number of carbonyl (C=O) groups excluding carboxylic acids is 1. The van der Waals surface area contributed by atoms with Crippen LogP contribution in [0.15, 0.2) is 28.8 Å². The topological polar surface area (TPSA) is 64.4 Å². The average Bonchev–Trinajstić information content (AvgIpc) is 2.79. The number of nitrogens with zero attached hydrogens (tertiary/aromatic N) is 1. The first-order chi connectivity index (χ1) is 10.5. The summed E-state index contributed by atoms with van der Waals surface area (Å²) < 4.78 is 10.6. The molecule has 0 saturated heterocycles. The van der Waals surface area contributed by atoms with Gasteiger partial charge in [-0.1, -0.05) is 22.9 Å². The first-order valence-corrected chi connectivity index (χ1v) is 7.44. The zero-order chi connectivity index (χ0) is 16.1. The molecule has 6 heteroatoms. The Bertz CT molecular complexity index is 618. The molecule has 0 spiro atoms. The van der Waals surface area contributed by atoms with Crippen LogP contribution in [-0.2, 0) is 11.2 Å². The van der Waals surface area contributed by atoms with Gasteiger partial charge in [0.15, 0.2) is 0 Å². The van der Waals surface area contributed by atoms with Crippen molar-refractivity contribution < 1.29 is 14.1 Å². The van der Waals surface area contributed by atoms with Crippen LogP contribution in [0.3, 0.4) is 0 Å². The predicted molar refractivity (Wildman–Crippen MR) is 84.2 cm³/mol. The summed E-state index contributed by atoms with van der Waals surface area (Å²) in [4.78, 5) is 11.9. The van der Waals surface area contributed by atoms with Gasteiger partial charge >= 0.3 is 0 Å². The second kappa shape index (κ2) is 7.31. The molecule has 22 heavy (non-hydrogen) atoms. The minimum Gasteiger partial charge on any atom is -0.489 e. The highest BCUT2D eigenvalue weighted by Gasteiger charge is 2.15. The fraction of sp³-hybridized carbons (Fsp3) is 0.375. The molecular formula is C16H19ClN2O3. The Balaban J connectivity index is 1.79. The quantitative estimate of drug-likeness (QED) is 0.887. The summed E-state index contributed by atoms with van der Waals surface area (Å²) >= 11 is 5.84. The lowest BCUT2D eigenvalue weighted by Crippen LogP contribution is -2.34. The van der Waals surface area contributed by atoms with Gasteiger partial charge in [0.05, 0.1) is 18.7 Å². The molecule has 0 fully saturated rings. The Labute approximate surface area is 134 Å². The molecule has 1 amide bonds. The lowest BCUT2D eigenvalue weighted by molar-refractivity contribution is -0.120. The Morgan fingerprint density at radius 2 is 2.05 bits per heavy atom. The van der Waals surface area contributed by atoms with E-state index in [1.54, 1.807) is 6.92 Å². The summed E-state index contributed by atoms with van der Waals surface area (Å²) in [6, 6.07) is 7.79. The number of aromatic nitrogens is 1. The largest absolute Gasteiger partial charge is 0.489 e. The highest BCUT2D eigenvalue weighted by molar-refractivity contribution is 6.29. The van der Waals surface area contributed by atoms with E-state index in [2.05, 4.69) is 10.5 Å². The van der Waals surface area contributed by atoms with Crippen LogP contribution in [0.2, 0.25) is 5.22 Å². The van der Waals surface area contributed by atoms with Crippen molar-refractivity contribution in [2.75, 3.05) is 6.54 Å². The van der Waals surface area contributed by atoms with Crippen molar-refractivity contribution in [2.24, 2.45) is 0 Å². The molecule has 1 unspecified atom stereocenters. The molecule has 1 aromatic heterocycles. The summed E-state index contributed by atoms with van der Waals surface area (Å²) in [6.45, 7) is 6.08. The summed E-state index contributed by atoms with van der Waals surface area (Å²) in [7, 11) is 0. The molecule has 1 N–H and O–H groups in total. The lowest BCUT2D eigenvalue weighted by Gasteiger charge is -2.15.